The summed E-state index contributed by atoms with van der Waals surface area (Å²) in [6, 6.07) is 25.3. The summed E-state index contributed by atoms with van der Waals surface area (Å²) in [6.07, 6.45) is 3.61. The first kappa shape index (κ1) is 33.1. The molecule has 1 aliphatic rings. The van der Waals surface area contributed by atoms with Crippen LogP contribution in [0.25, 0.3) is 0 Å². The highest BCUT2D eigenvalue weighted by molar-refractivity contribution is 7.89. The molecular weight excluding hydrogens is 628 g/mol. The maximum atomic E-state index is 13.9. The number of amides is 2. The monoisotopic (exact) mass is 662 g/mol. The molecule has 1 fully saturated rings. The molecule has 1 saturated heterocycles. The number of nitrogens with one attached hydrogen (secondary N) is 1. The van der Waals surface area contributed by atoms with Crippen molar-refractivity contribution in [2.75, 3.05) is 32.9 Å². The Balaban J connectivity index is 1.35. The molecule has 4 aromatic rings. The van der Waals surface area contributed by atoms with Crippen LogP contribution in [0.3, 0.4) is 0 Å². The van der Waals surface area contributed by atoms with E-state index < -0.39 is 22.0 Å². The highest BCUT2D eigenvalue weighted by atomic mass is 35.5. The molecule has 12 heteroatoms. The van der Waals surface area contributed by atoms with Gasteiger partial charge in [0, 0.05) is 50.0 Å². The highest BCUT2D eigenvalue weighted by Crippen LogP contribution is 2.22. The molecule has 3 aromatic carbocycles. The highest BCUT2D eigenvalue weighted by Gasteiger charge is 2.31. The van der Waals surface area contributed by atoms with Gasteiger partial charge in [-0.2, -0.15) is 4.31 Å². The Bertz CT molecular complexity index is 1690. The van der Waals surface area contributed by atoms with Crippen LogP contribution in [-0.4, -0.2) is 73.4 Å². The smallest absolute Gasteiger partial charge is 0.261 e. The third kappa shape index (κ3) is 8.91. The second kappa shape index (κ2) is 15.8. The topological polar surface area (TPSA) is 118 Å². The van der Waals surface area contributed by atoms with Gasteiger partial charge in [0.25, 0.3) is 5.91 Å². The molecule has 1 aromatic heterocycles. The average Bonchev–Trinajstić information content (AvgIpc) is 3.10. The fourth-order valence-corrected chi connectivity index (χ4v) is 6.56. The lowest BCUT2D eigenvalue weighted by Gasteiger charge is -2.31. The van der Waals surface area contributed by atoms with Crippen molar-refractivity contribution >= 4 is 33.4 Å². The number of pyridine rings is 1. The SMILES string of the molecule is O=C(NCc1cccnc1)[C@H](Cc1ccccc1)N(Cc1ccc(Cl)cc1)C(=O)COc1ccc(S(=O)(=O)N2CCOCC2)cc1. The summed E-state index contributed by atoms with van der Waals surface area (Å²) in [5.41, 5.74) is 2.50. The Hall–Kier alpha value is -4.29. The second-order valence-corrected chi connectivity index (χ2v) is 13.1. The fraction of sp³-hybridized carbons (Fsp3) is 0.265. The first-order chi connectivity index (χ1) is 22.3. The predicted octanol–water partition coefficient (Wildman–Crippen LogP) is 4.09. The van der Waals surface area contributed by atoms with Gasteiger partial charge in [-0.15, -0.1) is 0 Å². The Morgan fingerprint density at radius 2 is 1.61 bits per heavy atom. The van der Waals surface area contributed by atoms with Crippen molar-refractivity contribution in [3.8, 4) is 5.75 Å². The van der Waals surface area contributed by atoms with Gasteiger partial charge in [0.15, 0.2) is 6.61 Å². The molecule has 0 bridgehead atoms. The van der Waals surface area contributed by atoms with E-state index in [1.54, 1.807) is 30.6 Å². The Labute approximate surface area is 274 Å². The third-order valence-corrected chi connectivity index (χ3v) is 9.69. The molecule has 10 nitrogen and oxygen atoms in total. The van der Waals surface area contributed by atoms with Crippen molar-refractivity contribution in [2.24, 2.45) is 0 Å². The van der Waals surface area contributed by atoms with Gasteiger partial charge >= 0.3 is 0 Å². The zero-order valence-electron chi connectivity index (χ0n) is 25.1. The van der Waals surface area contributed by atoms with E-state index >= 15 is 0 Å². The zero-order valence-corrected chi connectivity index (χ0v) is 26.7. The van der Waals surface area contributed by atoms with Crippen molar-refractivity contribution in [1.29, 1.82) is 0 Å². The maximum absolute atomic E-state index is 13.9. The molecule has 46 heavy (non-hydrogen) atoms. The number of carbonyl (C=O) groups excluding carboxylic acids is 2. The van der Waals surface area contributed by atoms with Gasteiger partial charge in [0.05, 0.1) is 18.1 Å². The van der Waals surface area contributed by atoms with Crippen LogP contribution < -0.4 is 10.1 Å². The number of sulfonamides is 1. The number of hydrogen-bond acceptors (Lipinski definition) is 7. The molecule has 2 heterocycles. The summed E-state index contributed by atoms with van der Waals surface area (Å²) in [5, 5.41) is 3.52. The first-order valence-electron chi connectivity index (χ1n) is 14.8. The predicted molar refractivity (Wildman–Crippen MR) is 174 cm³/mol. The van der Waals surface area contributed by atoms with Gasteiger partial charge in [0.2, 0.25) is 15.9 Å². The lowest BCUT2D eigenvalue weighted by atomic mass is 10.0. The van der Waals surface area contributed by atoms with Crippen LogP contribution in [0.4, 0.5) is 0 Å². The molecule has 0 radical (unpaired) electrons. The molecule has 240 valence electrons. The van der Waals surface area contributed by atoms with Crippen molar-refractivity contribution in [3.63, 3.8) is 0 Å². The second-order valence-electron chi connectivity index (χ2n) is 10.7. The molecular formula is C34H35ClN4O6S. The van der Waals surface area contributed by atoms with Gasteiger partial charge in [0.1, 0.15) is 11.8 Å². The number of hydrogen-bond donors (Lipinski definition) is 1. The minimum absolute atomic E-state index is 0.130. The van der Waals surface area contributed by atoms with E-state index in [0.717, 1.165) is 16.7 Å². The summed E-state index contributed by atoms with van der Waals surface area (Å²) in [5.74, 6) is -0.425. The van der Waals surface area contributed by atoms with Crippen LogP contribution in [0.5, 0.6) is 5.75 Å². The van der Waals surface area contributed by atoms with E-state index in [2.05, 4.69) is 10.3 Å². The van der Waals surface area contributed by atoms with Gasteiger partial charge in [-0.05, 0) is 59.2 Å². The van der Waals surface area contributed by atoms with E-state index in [1.807, 2.05) is 48.5 Å². The summed E-state index contributed by atoms with van der Waals surface area (Å²) in [4.78, 5) is 33.4. The molecule has 2 amide bonds. The number of halogens is 1. The number of ether oxygens (including phenoxy) is 2. The molecule has 0 unspecified atom stereocenters. The molecule has 0 saturated carbocycles. The molecule has 1 atom stereocenters. The Morgan fingerprint density at radius 3 is 2.28 bits per heavy atom. The average molecular weight is 663 g/mol. The van der Waals surface area contributed by atoms with Gasteiger partial charge < -0.3 is 19.7 Å². The van der Waals surface area contributed by atoms with Crippen LogP contribution in [0.1, 0.15) is 16.7 Å². The van der Waals surface area contributed by atoms with Crippen molar-refractivity contribution in [2.45, 2.75) is 30.4 Å². The summed E-state index contributed by atoms with van der Waals surface area (Å²) < 4.78 is 38.5. The summed E-state index contributed by atoms with van der Waals surface area (Å²) >= 11 is 6.12. The van der Waals surface area contributed by atoms with Crippen LogP contribution >= 0.6 is 11.6 Å². The molecule has 5 rings (SSSR count). The van der Waals surface area contributed by atoms with Crippen molar-refractivity contribution in [3.05, 3.63) is 125 Å². The minimum Gasteiger partial charge on any atom is -0.484 e. The quantitative estimate of drug-likeness (QED) is 0.229. The molecule has 0 spiro atoms. The standard InChI is InChI=1S/C34H35ClN4O6S/c35-29-10-8-27(9-11-29)24-39(32(21-26-5-2-1-3-6-26)34(41)37-23-28-7-4-16-36-22-28)33(40)25-45-30-12-14-31(15-13-30)46(42,43)38-17-19-44-20-18-38/h1-16,22,32H,17-21,23-25H2,(H,37,41)/t32-/m0/s1. The van der Waals surface area contributed by atoms with E-state index in [0.29, 0.717) is 37.1 Å². The molecule has 1 aliphatic heterocycles. The van der Waals surface area contributed by atoms with Gasteiger partial charge in [-0.3, -0.25) is 14.6 Å². The summed E-state index contributed by atoms with van der Waals surface area (Å²) in [6.45, 7) is 1.29. The lowest BCUT2D eigenvalue weighted by molar-refractivity contribution is -0.142. The van der Waals surface area contributed by atoms with Crippen LogP contribution in [0, 0.1) is 0 Å². The largest absolute Gasteiger partial charge is 0.484 e. The van der Waals surface area contributed by atoms with Crippen LogP contribution in [0.2, 0.25) is 5.02 Å². The lowest BCUT2D eigenvalue weighted by Crippen LogP contribution is -2.51. The fourth-order valence-electron chi connectivity index (χ4n) is 5.02. The Morgan fingerprint density at radius 1 is 0.913 bits per heavy atom. The van der Waals surface area contributed by atoms with Crippen LogP contribution in [-0.2, 0) is 43.9 Å². The van der Waals surface area contributed by atoms with E-state index in [4.69, 9.17) is 21.1 Å². The van der Waals surface area contributed by atoms with Gasteiger partial charge in [-0.1, -0.05) is 60.1 Å². The number of rotatable bonds is 13. The van der Waals surface area contributed by atoms with Gasteiger partial charge in [-0.25, -0.2) is 8.42 Å². The molecule has 1 N–H and O–H groups in total. The third-order valence-electron chi connectivity index (χ3n) is 7.52. The number of aromatic nitrogens is 1. The summed E-state index contributed by atoms with van der Waals surface area (Å²) in [7, 11) is -3.67. The first-order valence-corrected chi connectivity index (χ1v) is 16.7. The molecule has 0 aliphatic carbocycles. The number of carbonyl (C=O) groups is 2. The number of nitrogens with zero attached hydrogens (tertiary/aromatic N) is 3. The number of morpholine rings is 1. The minimum atomic E-state index is -3.67. The van der Waals surface area contributed by atoms with Crippen LogP contribution in [0.15, 0.2) is 108 Å². The Kier molecular flexibility index (Phi) is 11.4. The zero-order chi connectivity index (χ0) is 32.4. The van der Waals surface area contributed by atoms with E-state index in [-0.39, 0.29) is 36.9 Å². The number of benzene rings is 3. The normalized spacial score (nSPS) is 14.3. The maximum Gasteiger partial charge on any atom is 0.261 e. The van der Waals surface area contributed by atoms with E-state index in [1.165, 1.54) is 33.5 Å². The van der Waals surface area contributed by atoms with Crippen molar-refractivity contribution < 1.29 is 27.5 Å². The van der Waals surface area contributed by atoms with E-state index in [9.17, 15) is 18.0 Å². The van der Waals surface area contributed by atoms with Crippen molar-refractivity contribution in [1.82, 2.24) is 19.5 Å².